The molecule has 0 saturated heterocycles. The van der Waals surface area contributed by atoms with Gasteiger partial charge in [0.15, 0.2) is 0 Å². The van der Waals surface area contributed by atoms with Crippen molar-refractivity contribution in [2.24, 2.45) is 0 Å². The first kappa shape index (κ1) is 17.3. The predicted molar refractivity (Wildman–Crippen MR) is 94.6 cm³/mol. The fourth-order valence-electron chi connectivity index (χ4n) is 2.65. The lowest BCUT2D eigenvalue weighted by molar-refractivity contribution is 0.0600. The van der Waals surface area contributed by atoms with Gasteiger partial charge in [0.05, 0.1) is 43.5 Å². The van der Waals surface area contributed by atoms with Crippen molar-refractivity contribution < 1.29 is 19.0 Å². The summed E-state index contributed by atoms with van der Waals surface area (Å²) in [5.74, 6) is 0.160. The van der Waals surface area contributed by atoms with Crippen LogP contribution in [0.2, 0.25) is 0 Å². The van der Waals surface area contributed by atoms with Gasteiger partial charge in [0.25, 0.3) is 5.56 Å². The molecule has 0 atom stereocenters. The van der Waals surface area contributed by atoms with Gasteiger partial charge in [-0.25, -0.2) is 14.2 Å². The molecule has 134 valence electrons. The highest BCUT2D eigenvalue weighted by Crippen LogP contribution is 2.21. The number of methoxy groups -OCH3 is 3. The van der Waals surface area contributed by atoms with E-state index in [4.69, 9.17) is 14.2 Å². The normalized spacial score (nSPS) is 10.6. The van der Waals surface area contributed by atoms with E-state index in [1.165, 1.54) is 39.5 Å². The number of nitrogens with one attached hydrogen (secondary N) is 1. The Hall–Kier alpha value is -3.55. The van der Waals surface area contributed by atoms with Crippen LogP contribution < -0.4 is 20.7 Å². The topological polar surface area (TPSA) is 99.6 Å². The lowest BCUT2D eigenvalue weighted by atomic mass is 10.1. The van der Waals surface area contributed by atoms with E-state index in [1.54, 1.807) is 18.2 Å². The minimum absolute atomic E-state index is 0.0293. The fourth-order valence-corrected chi connectivity index (χ4v) is 2.65. The highest BCUT2D eigenvalue weighted by Gasteiger charge is 2.19. The second-order valence-electron chi connectivity index (χ2n) is 5.36. The molecule has 2 aromatic carbocycles. The first-order valence-corrected chi connectivity index (χ1v) is 7.60. The smallest absolute Gasteiger partial charge is 0.340 e. The summed E-state index contributed by atoms with van der Waals surface area (Å²) in [5.41, 5.74) is -0.776. The molecule has 0 saturated carbocycles. The molecule has 0 aliphatic rings. The van der Waals surface area contributed by atoms with E-state index in [9.17, 15) is 14.4 Å². The average Bonchev–Trinajstić information content (AvgIpc) is 2.67. The SMILES string of the molecule is COC(=O)c1cc(OC)ccc1-n1c(=O)[nH]c2ccc(OC)cc2c1=O. The molecule has 0 spiro atoms. The lowest BCUT2D eigenvalue weighted by Crippen LogP contribution is -2.34. The fraction of sp³-hybridized carbons (Fsp3) is 0.167. The Labute approximate surface area is 147 Å². The quantitative estimate of drug-likeness (QED) is 0.711. The predicted octanol–water partition coefficient (Wildman–Crippen LogP) is 1.48. The van der Waals surface area contributed by atoms with Crippen LogP contribution in [0.4, 0.5) is 0 Å². The van der Waals surface area contributed by atoms with Crippen LogP contribution in [0.5, 0.6) is 11.5 Å². The maximum Gasteiger partial charge on any atom is 0.340 e. The summed E-state index contributed by atoms with van der Waals surface area (Å²) in [6.45, 7) is 0. The Bertz CT molecular complexity index is 1110. The first-order chi connectivity index (χ1) is 12.5. The van der Waals surface area contributed by atoms with Gasteiger partial charge >= 0.3 is 11.7 Å². The Morgan fingerprint density at radius 1 is 0.962 bits per heavy atom. The van der Waals surface area contributed by atoms with Crippen LogP contribution in [0.25, 0.3) is 16.6 Å². The van der Waals surface area contributed by atoms with Gasteiger partial charge in [0, 0.05) is 0 Å². The van der Waals surface area contributed by atoms with Crippen molar-refractivity contribution in [2.75, 3.05) is 21.3 Å². The Morgan fingerprint density at radius 3 is 2.27 bits per heavy atom. The minimum Gasteiger partial charge on any atom is -0.497 e. The van der Waals surface area contributed by atoms with Crippen molar-refractivity contribution in [3.8, 4) is 17.2 Å². The highest BCUT2D eigenvalue weighted by molar-refractivity contribution is 5.94. The van der Waals surface area contributed by atoms with Crippen molar-refractivity contribution in [1.29, 1.82) is 0 Å². The molecule has 3 aromatic rings. The van der Waals surface area contributed by atoms with Gasteiger partial charge in [-0.3, -0.25) is 4.79 Å². The number of aromatic amines is 1. The molecule has 0 fully saturated rings. The van der Waals surface area contributed by atoms with Gasteiger partial charge in [-0.1, -0.05) is 0 Å². The molecule has 0 amide bonds. The molecular weight excluding hydrogens is 340 g/mol. The van der Waals surface area contributed by atoms with Crippen LogP contribution >= 0.6 is 0 Å². The van der Waals surface area contributed by atoms with Crippen molar-refractivity contribution in [1.82, 2.24) is 9.55 Å². The van der Waals surface area contributed by atoms with Crippen molar-refractivity contribution >= 4 is 16.9 Å². The molecular formula is C18H16N2O6. The zero-order chi connectivity index (χ0) is 18.8. The van der Waals surface area contributed by atoms with Gasteiger partial charge < -0.3 is 19.2 Å². The third-order valence-electron chi connectivity index (χ3n) is 3.95. The lowest BCUT2D eigenvalue weighted by Gasteiger charge is -2.12. The number of carbonyl (C=O) groups excluding carboxylic acids is 1. The molecule has 1 N–H and O–H groups in total. The Balaban J connectivity index is 2.37. The summed E-state index contributed by atoms with van der Waals surface area (Å²) in [6, 6.07) is 9.14. The van der Waals surface area contributed by atoms with Crippen LogP contribution in [0, 0.1) is 0 Å². The molecule has 0 bridgehead atoms. The van der Waals surface area contributed by atoms with E-state index >= 15 is 0 Å². The molecule has 3 rings (SSSR count). The van der Waals surface area contributed by atoms with E-state index < -0.39 is 17.2 Å². The highest BCUT2D eigenvalue weighted by atomic mass is 16.5. The van der Waals surface area contributed by atoms with Gasteiger partial charge in [0.1, 0.15) is 11.5 Å². The number of hydrogen-bond donors (Lipinski definition) is 1. The number of benzene rings is 2. The zero-order valence-electron chi connectivity index (χ0n) is 14.4. The molecule has 0 radical (unpaired) electrons. The molecule has 0 aliphatic carbocycles. The molecule has 1 aromatic heterocycles. The van der Waals surface area contributed by atoms with E-state index in [0.29, 0.717) is 17.0 Å². The van der Waals surface area contributed by atoms with Crippen LogP contribution in [-0.4, -0.2) is 36.8 Å². The van der Waals surface area contributed by atoms with Crippen molar-refractivity contribution in [2.45, 2.75) is 0 Å². The van der Waals surface area contributed by atoms with Gasteiger partial charge in [-0.05, 0) is 36.4 Å². The third kappa shape index (κ3) is 2.81. The maximum atomic E-state index is 12.9. The number of ether oxygens (including phenoxy) is 3. The largest absolute Gasteiger partial charge is 0.497 e. The summed E-state index contributed by atoms with van der Waals surface area (Å²) in [4.78, 5) is 40.2. The molecule has 8 nitrogen and oxygen atoms in total. The second kappa shape index (κ2) is 6.75. The molecule has 0 aliphatic heterocycles. The first-order valence-electron chi connectivity index (χ1n) is 7.60. The second-order valence-corrected chi connectivity index (χ2v) is 5.36. The number of H-pyrrole nitrogens is 1. The van der Waals surface area contributed by atoms with Crippen molar-refractivity contribution in [3.63, 3.8) is 0 Å². The summed E-state index contributed by atoms with van der Waals surface area (Å²) in [6.07, 6.45) is 0. The summed E-state index contributed by atoms with van der Waals surface area (Å²) < 4.78 is 15.9. The number of nitrogens with zero attached hydrogens (tertiary/aromatic N) is 1. The Morgan fingerprint density at radius 2 is 1.62 bits per heavy atom. The molecule has 8 heteroatoms. The summed E-state index contributed by atoms with van der Waals surface area (Å²) >= 11 is 0. The van der Waals surface area contributed by atoms with Crippen LogP contribution in [0.3, 0.4) is 0 Å². The number of fused-ring (bicyclic) bond motifs is 1. The van der Waals surface area contributed by atoms with Gasteiger partial charge in [-0.15, -0.1) is 0 Å². The van der Waals surface area contributed by atoms with Crippen LogP contribution in [0.15, 0.2) is 46.0 Å². The van der Waals surface area contributed by atoms with Gasteiger partial charge in [0.2, 0.25) is 0 Å². The summed E-state index contributed by atoms with van der Waals surface area (Å²) in [7, 11) is 4.13. The number of hydrogen-bond acceptors (Lipinski definition) is 6. The van der Waals surface area contributed by atoms with Crippen molar-refractivity contribution in [3.05, 3.63) is 62.8 Å². The third-order valence-corrected chi connectivity index (χ3v) is 3.95. The van der Waals surface area contributed by atoms with E-state index in [2.05, 4.69) is 4.98 Å². The minimum atomic E-state index is -0.698. The molecule has 0 unspecified atom stereocenters. The average molecular weight is 356 g/mol. The maximum absolute atomic E-state index is 12.9. The van der Waals surface area contributed by atoms with E-state index in [1.807, 2.05) is 0 Å². The van der Waals surface area contributed by atoms with Crippen LogP contribution in [-0.2, 0) is 4.74 Å². The number of aromatic nitrogens is 2. The van der Waals surface area contributed by atoms with Crippen LogP contribution in [0.1, 0.15) is 10.4 Å². The van der Waals surface area contributed by atoms with E-state index in [-0.39, 0.29) is 16.6 Å². The summed E-state index contributed by atoms with van der Waals surface area (Å²) in [5, 5.41) is 0.246. The standard InChI is InChI=1S/C18H16N2O6/c1-24-10-4-6-14-12(8-10)16(21)20(18(23)19-14)15-7-5-11(25-2)9-13(15)17(22)26-3/h4-9H,1-3H3,(H,19,23). The zero-order valence-corrected chi connectivity index (χ0v) is 14.4. The number of esters is 1. The molecule has 26 heavy (non-hydrogen) atoms. The Kier molecular flexibility index (Phi) is 4.49. The number of rotatable bonds is 4. The monoisotopic (exact) mass is 356 g/mol. The number of carbonyl (C=O) groups is 1. The van der Waals surface area contributed by atoms with E-state index in [0.717, 1.165) is 4.57 Å². The molecule has 1 heterocycles. The van der Waals surface area contributed by atoms with Gasteiger partial charge in [-0.2, -0.15) is 0 Å².